The van der Waals surface area contributed by atoms with Crippen LogP contribution in [0.1, 0.15) is 35.2 Å². The summed E-state index contributed by atoms with van der Waals surface area (Å²) in [6.07, 6.45) is 5.22. The molecular formula is C11H11NO. The maximum absolute atomic E-state index is 10.2. The number of rotatable bonds is 1. The molecule has 1 saturated carbocycles. The molecule has 1 aromatic carbocycles. The number of carbonyl (C=O) groups excluding carboxylic acids is 1. The minimum Gasteiger partial charge on any atom is -0.298 e. The number of carbonyl (C=O) groups is 1. The number of aldehydes is 1. The second-order valence-corrected chi connectivity index (χ2v) is 2.92. The van der Waals surface area contributed by atoms with Crippen LogP contribution in [0.2, 0.25) is 0 Å². The SMILES string of the molecule is C1CC1.N#Cc1cccc(C=O)c1. The van der Waals surface area contributed by atoms with Gasteiger partial charge in [0.1, 0.15) is 6.29 Å². The third-order valence-corrected chi connectivity index (χ3v) is 1.51. The molecule has 0 radical (unpaired) electrons. The van der Waals surface area contributed by atoms with Gasteiger partial charge in [0.05, 0.1) is 11.6 Å². The first-order valence-corrected chi connectivity index (χ1v) is 4.32. The maximum atomic E-state index is 10.2. The molecule has 0 spiro atoms. The predicted molar refractivity (Wildman–Crippen MR) is 50.4 cm³/mol. The van der Waals surface area contributed by atoms with Gasteiger partial charge < -0.3 is 0 Å². The minimum atomic E-state index is 0.518. The molecule has 1 aliphatic carbocycles. The summed E-state index contributed by atoms with van der Waals surface area (Å²) in [5.41, 5.74) is 1.06. The molecule has 0 amide bonds. The molecule has 2 rings (SSSR count). The van der Waals surface area contributed by atoms with Crippen molar-refractivity contribution >= 4 is 6.29 Å². The van der Waals surface area contributed by atoms with Crippen LogP contribution in [0.3, 0.4) is 0 Å². The number of benzene rings is 1. The van der Waals surface area contributed by atoms with Crippen molar-refractivity contribution in [1.29, 1.82) is 5.26 Å². The van der Waals surface area contributed by atoms with Gasteiger partial charge in [0, 0.05) is 5.56 Å². The molecule has 2 heteroatoms. The average Bonchev–Trinajstić information content (AvgIpc) is 3.05. The van der Waals surface area contributed by atoms with Crippen LogP contribution in [-0.4, -0.2) is 6.29 Å². The molecule has 1 fully saturated rings. The van der Waals surface area contributed by atoms with Gasteiger partial charge in [-0.3, -0.25) is 4.79 Å². The van der Waals surface area contributed by atoms with E-state index in [0.29, 0.717) is 11.1 Å². The van der Waals surface area contributed by atoms with E-state index in [1.165, 1.54) is 19.3 Å². The van der Waals surface area contributed by atoms with Crippen LogP contribution in [0.25, 0.3) is 0 Å². The van der Waals surface area contributed by atoms with E-state index >= 15 is 0 Å². The second kappa shape index (κ2) is 5.10. The van der Waals surface area contributed by atoms with Gasteiger partial charge in [-0.1, -0.05) is 31.4 Å². The molecule has 0 N–H and O–H groups in total. The van der Waals surface area contributed by atoms with Gasteiger partial charge >= 0.3 is 0 Å². The lowest BCUT2D eigenvalue weighted by Crippen LogP contribution is -1.79. The Labute approximate surface area is 77.8 Å². The smallest absolute Gasteiger partial charge is 0.150 e. The summed E-state index contributed by atoms with van der Waals surface area (Å²) >= 11 is 0. The van der Waals surface area contributed by atoms with Crippen LogP contribution < -0.4 is 0 Å². The van der Waals surface area contributed by atoms with Crippen LogP contribution in [-0.2, 0) is 0 Å². The molecule has 1 aromatic rings. The third kappa shape index (κ3) is 4.07. The van der Waals surface area contributed by atoms with Crippen LogP contribution >= 0.6 is 0 Å². The zero-order chi connectivity index (χ0) is 9.52. The first-order chi connectivity index (χ1) is 6.36. The Hall–Kier alpha value is -1.62. The third-order valence-electron chi connectivity index (χ3n) is 1.51. The summed E-state index contributed by atoms with van der Waals surface area (Å²) in [4.78, 5) is 10.2. The van der Waals surface area contributed by atoms with Crippen molar-refractivity contribution in [3.63, 3.8) is 0 Å². The number of nitrogens with zero attached hydrogens (tertiary/aromatic N) is 1. The molecular weight excluding hydrogens is 162 g/mol. The van der Waals surface area contributed by atoms with Crippen LogP contribution in [0.4, 0.5) is 0 Å². The Morgan fingerprint density at radius 3 is 2.46 bits per heavy atom. The number of hydrogen-bond donors (Lipinski definition) is 0. The topological polar surface area (TPSA) is 40.9 Å². The van der Waals surface area contributed by atoms with Gasteiger partial charge in [-0.25, -0.2) is 0 Å². The molecule has 0 saturated heterocycles. The second-order valence-electron chi connectivity index (χ2n) is 2.92. The van der Waals surface area contributed by atoms with Gasteiger partial charge in [-0.05, 0) is 12.1 Å². The standard InChI is InChI=1S/C8H5NO.C3H6/c9-5-7-2-1-3-8(4-7)6-10;1-2-3-1/h1-4,6H;1-3H2. The Morgan fingerprint density at radius 2 is 2.00 bits per heavy atom. The van der Waals surface area contributed by atoms with Crippen molar-refractivity contribution in [2.24, 2.45) is 0 Å². The normalized spacial score (nSPS) is 11.9. The Morgan fingerprint density at radius 1 is 1.31 bits per heavy atom. The fraction of sp³-hybridized carbons (Fsp3) is 0.273. The van der Waals surface area contributed by atoms with E-state index in [1.807, 2.05) is 6.07 Å². The van der Waals surface area contributed by atoms with Crippen molar-refractivity contribution in [1.82, 2.24) is 0 Å². The molecule has 0 unspecified atom stereocenters. The van der Waals surface area contributed by atoms with Gasteiger partial charge in [0.2, 0.25) is 0 Å². The zero-order valence-electron chi connectivity index (χ0n) is 7.36. The van der Waals surface area contributed by atoms with Crippen molar-refractivity contribution in [2.45, 2.75) is 19.3 Å². The van der Waals surface area contributed by atoms with Crippen molar-refractivity contribution in [2.75, 3.05) is 0 Å². The first kappa shape index (κ1) is 9.47. The first-order valence-electron chi connectivity index (χ1n) is 4.32. The highest BCUT2D eigenvalue weighted by Crippen LogP contribution is 2.14. The van der Waals surface area contributed by atoms with E-state index in [1.54, 1.807) is 24.3 Å². The lowest BCUT2D eigenvalue weighted by atomic mass is 10.2. The highest BCUT2D eigenvalue weighted by atomic mass is 16.1. The molecule has 1 aliphatic rings. The van der Waals surface area contributed by atoms with Gasteiger partial charge in [-0.15, -0.1) is 0 Å². The number of hydrogen-bond acceptors (Lipinski definition) is 2. The molecule has 0 aromatic heterocycles. The lowest BCUT2D eigenvalue weighted by Gasteiger charge is -1.87. The van der Waals surface area contributed by atoms with E-state index in [9.17, 15) is 4.79 Å². The summed E-state index contributed by atoms with van der Waals surface area (Å²) in [5.74, 6) is 0. The van der Waals surface area contributed by atoms with E-state index < -0.39 is 0 Å². The molecule has 0 heterocycles. The monoisotopic (exact) mass is 173 g/mol. The molecule has 0 bridgehead atoms. The van der Waals surface area contributed by atoms with E-state index in [0.717, 1.165) is 6.29 Å². The van der Waals surface area contributed by atoms with E-state index in [2.05, 4.69) is 0 Å². The highest BCUT2D eigenvalue weighted by molar-refractivity contribution is 5.75. The van der Waals surface area contributed by atoms with Crippen LogP contribution in [0, 0.1) is 11.3 Å². The molecule has 0 atom stereocenters. The summed E-state index contributed by atoms with van der Waals surface area (Å²) in [6.45, 7) is 0. The van der Waals surface area contributed by atoms with Crippen molar-refractivity contribution < 1.29 is 4.79 Å². The predicted octanol–water partition coefficient (Wildman–Crippen LogP) is 2.54. The average molecular weight is 173 g/mol. The molecule has 66 valence electrons. The van der Waals surface area contributed by atoms with Crippen molar-refractivity contribution in [3.05, 3.63) is 35.4 Å². The Bertz CT molecular complexity index is 320. The zero-order valence-corrected chi connectivity index (χ0v) is 7.36. The van der Waals surface area contributed by atoms with Gasteiger partial charge in [0.25, 0.3) is 0 Å². The fourth-order valence-electron chi connectivity index (χ4n) is 0.682. The van der Waals surface area contributed by atoms with Crippen LogP contribution in [0.15, 0.2) is 24.3 Å². The minimum absolute atomic E-state index is 0.518. The molecule has 2 nitrogen and oxygen atoms in total. The van der Waals surface area contributed by atoms with E-state index in [-0.39, 0.29) is 0 Å². The quantitative estimate of drug-likeness (QED) is 0.612. The summed E-state index contributed by atoms with van der Waals surface area (Å²) in [5, 5.41) is 8.39. The molecule has 13 heavy (non-hydrogen) atoms. The van der Waals surface area contributed by atoms with Gasteiger partial charge in [0.15, 0.2) is 0 Å². The maximum Gasteiger partial charge on any atom is 0.150 e. The summed E-state index contributed by atoms with van der Waals surface area (Å²) < 4.78 is 0. The summed E-state index contributed by atoms with van der Waals surface area (Å²) in [7, 11) is 0. The van der Waals surface area contributed by atoms with Crippen molar-refractivity contribution in [3.8, 4) is 6.07 Å². The molecule has 0 aliphatic heterocycles. The fourth-order valence-corrected chi connectivity index (χ4v) is 0.682. The number of nitriles is 1. The summed E-state index contributed by atoms with van der Waals surface area (Å²) in [6, 6.07) is 8.49. The van der Waals surface area contributed by atoms with Crippen LogP contribution in [0.5, 0.6) is 0 Å². The van der Waals surface area contributed by atoms with Gasteiger partial charge in [-0.2, -0.15) is 5.26 Å². The highest BCUT2D eigenvalue weighted by Gasteiger charge is 1.95. The largest absolute Gasteiger partial charge is 0.298 e. The lowest BCUT2D eigenvalue weighted by molar-refractivity contribution is 0.112. The Balaban J connectivity index is 0.000000236. The van der Waals surface area contributed by atoms with E-state index in [4.69, 9.17) is 5.26 Å². The Kier molecular flexibility index (Phi) is 3.72.